The summed E-state index contributed by atoms with van der Waals surface area (Å²) >= 11 is 11.2. The average molecular weight is 748 g/mol. The molecule has 0 fully saturated rings. The van der Waals surface area contributed by atoms with Gasteiger partial charge in [-0.05, 0) is 12.8 Å². The molecule has 43 heavy (non-hydrogen) atoms. The molecule has 0 aliphatic carbocycles. The van der Waals surface area contributed by atoms with Gasteiger partial charge in [0.05, 0.1) is 22.7 Å². The summed E-state index contributed by atoms with van der Waals surface area (Å²) in [5.74, 6) is -2.27. The molecule has 0 amide bonds. The molecule has 2 atom stereocenters. The van der Waals surface area contributed by atoms with Crippen LogP contribution in [0.5, 0.6) is 0 Å². The van der Waals surface area contributed by atoms with E-state index in [9.17, 15) is 19.8 Å². The van der Waals surface area contributed by atoms with E-state index in [-0.39, 0.29) is 27.3 Å². The van der Waals surface area contributed by atoms with Crippen molar-refractivity contribution in [1.29, 1.82) is 0 Å². The van der Waals surface area contributed by atoms with Gasteiger partial charge in [-0.1, -0.05) is 194 Å². The van der Waals surface area contributed by atoms with Gasteiger partial charge in [0.2, 0.25) is 0 Å². The fourth-order valence-electron chi connectivity index (χ4n) is 5.27. The van der Waals surface area contributed by atoms with Gasteiger partial charge >= 0.3 is 27.3 Å². The van der Waals surface area contributed by atoms with E-state index in [1.165, 1.54) is 154 Å². The van der Waals surface area contributed by atoms with Crippen molar-refractivity contribution < 1.29 is 47.1 Å². The molecule has 0 aliphatic heterocycles. The first-order valence-corrected chi connectivity index (χ1v) is 18.9. The van der Waals surface area contributed by atoms with E-state index in [0.29, 0.717) is 12.8 Å². The van der Waals surface area contributed by atoms with Crippen molar-refractivity contribution in [1.82, 2.24) is 0 Å². The van der Waals surface area contributed by atoms with Gasteiger partial charge in [0.1, 0.15) is 0 Å². The van der Waals surface area contributed by atoms with Crippen molar-refractivity contribution in [3.8, 4) is 0 Å². The maximum absolute atomic E-state index is 10.4. The van der Waals surface area contributed by atoms with Gasteiger partial charge < -0.3 is 19.8 Å². The van der Waals surface area contributed by atoms with Crippen molar-refractivity contribution in [2.24, 2.45) is 0 Å². The predicted octanol–water partition coefficient (Wildman–Crippen LogP) is 10.4. The fourth-order valence-corrected chi connectivity index (χ4v) is 5.58. The minimum absolute atomic E-state index is 0. The van der Waals surface area contributed by atoms with Crippen LogP contribution in [0.4, 0.5) is 0 Å². The second kappa shape index (κ2) is 40.5. The van der Waals surface area contributed by atoms with Gasteiger partial charge in [-0.25, -0.2) is 0 Å². The Bertz CT molecular complexity index is 517. The summed E-state index contributed by atoms with van der Waals surface area (Å²) in [6, 6.07) is 0. The van der Waals surface area contributed by atoms with Crippen molar-refractivity contribution in [2.45, 2.75) is 217 Å². The third kappa shape index (κ3) is 42.4. The van der Waals surface area contributed by atoms with Gasteiger partial charge in [-0.15, -0.1) is 23.2 Å². The number of carbonyl (C=O) groups excluding carboxylic acids is 2. The van der Waals surface area contributed by atoms with Crippen LogP contribution in [0.3, 0.4) is 0 Å². The largest absolute Gasteiger partial charge is 2.00 e. The molecule has 0 N–H and O–H groups in total. The minimum Gasteiger partial charge on any atom is -0.549 e. The summed E-state index contributed by atoms with van der Waals surface area (Å²) in [5.41, 5.74) is 0. The molecule has 0 heterocycles. The zero-order valence-corrected chi connectivity index (χ0v) is 34.0. The van der Waals surface area contributed by atoms with Gasteiger partial charge in [-0.3, -0.25) is 0 Å². The molecular weight excluding hydrogens is 680 g/mol. The quantitative estimate of drug-likeness (QED) is 0.0390. The molecule has 2 unspecified atom stereocenters. The van der Waals surface area contributed by atoms with E-state index in [2.05, 4.69) is 13.8 Å². The van der Waals surface area contributed by atoms with Crippen LogP contribution < -0.4 is 10.2 Å². The van der Waals surface area contributed by atoms with Crippen LogP contribution >= 0.6 is 23.2 Å². The molecule has 0 aromatic heterocycles. The molecule has 0 saturated carbocycles. The first-order valence-electron chi connectivity index (χ1n) is 18.1. The molecule has 4 nitrogen and oxygen atoms in total. The van der Waals surface area contributed by atoms with E-state index in [1.807, 2.05) is 0 Å². The molecule has 0 aliphatic rings. The van der Waals surface area contributed by atoms with E-state index in [4.69, 9.17) is 23.2 Å². The molecule has 0 radical (unpaired) electrons. The Morgan fingerprint density at radius 2 is 0.558 bits per heavy atom. The maximum Gasteiger partial charge on any atom is 2.00 e. The second-order valence-corrected chi connectivity index (χ2v) is 13.4. The van der Waals surface area contributed by atoms with Crippen LogP contribution in [-0.2, 0) is 36.9 Å². The first kappa shape index (κ1) is 47.8. The Hall–Kier alpha value is 0.442. The number of halogens is 2. The van der Waals surface area contributed by atoms with E-state index in [1.54, 1.807) is 0 Å². The van der Waals surface area contributed by atoms with Crippen LogP contribution in [0.1, 0.15) is 206 Å². The number of hydrogen-bond acceptors (Lipinski definition) is 4. The number of aliphatic carboxylic acids is 2. The summed E-state index contributed by atoms with van der Waals surface area (Å²) in [4.78, 5) is 20.8. The van der Waals surface area contributed by atoms with Gasteiger partial charge in [0, 0.05) is 0 Å². The Kier molecular flexibility index (Phi) is 45.0. The fraction of sp³-hybridized carbons (Fsp3) is 0.944. The topological polar surface area (TPSA) is 80.3 Å². The van der Waals surface area contributed by atoms with Crippen LogP contribution in [0.25, 0.3) is 0 Å². The van der Waals surface area contributed by atoms with Crippen molar-refractivity contribution in [3.63, 3.8) is 0 Å². The zero-order chi connectivity index (χ0) is 31.5. The smallest absolute Gasteiger partial charge is 0.549 e. The number of carboxylic acids is 2. The van der Waals surface area contributed by atoms with Gasteiger partial charge in [-0.2, -0.15) is 0 Å². The van der Waals surface area contributed by atoms with E-state index < -0.39 is 22.7 Å². The SMILES string of the molecule is CCCCCCCCCCCCCCCCC(Cl)C(=O)[O-].CCCCCCCCCCCCCCCCC(Cl)C(=O)[O-].[Cd+2]. The predicted molar refractivity (Wildman–Crippen MR) is 179 cm³/mol. The number of unbranched alkanes of at least 4 members (excludes halogenated alkanes) is 26. The third-order valence-electron chi connectivity index (χ3n) is 8.13. The normalized spacial score (nSPS) is 12.2. The molecule has 0 spiro atoms. The molecule has 0 aromatic carbocycles. The maximum atomic E-state index is 10.4. The standard InChI is InChI=1S/2C18H35ClO2.Cd/c2*1-2-3-4-5-6-7-8-9-10-11-12-13-14-15-16-17(19)18(20)21;/h2*17H,2-16H2,1H3,(H,20,21);/q;;+2/p-2. The summed E-state index contributed by atoms with van der Waals surface area (Å²) in [5, 5.41) is 19.2. The molecule has 0 saturated heterocycles. The summed E-state index contributed by atoms with van der Waals surface area (Å²) in [6.45, 7) is 4.52. The summed E-state index contributed by atoms with van der Waals surface area (Å²) in [7, 11) is 0. The molecule has 0 aromatic rings. The second-order valence-electron chi connectivity index (χ2n) is 12.3. The monoisotopic (exact) mass is 748 g/mol. The van der Waals surface area contributed by atoms with Crippen LogP contribution in [0.2, 0.25) is 0 Å². The zero-order valence-electron chi connectivity index (χ0n) is 28.5. The minimum atomic E-state index is -1.13. The Morgan fingerprint density at radius 1 is 0.395 bits per heavy atom. The molecule has 252 valence electrons. The molecule has 0 rings (SSSR count). The van der Waals surface area contributed by atoms with Crippen LogP contribution in [0, 0.1) is 0 Å². The Labute approximate surface area is 297 Å². The summed E-state index contributed by atoms with van der Waals surface area (Å²) in [6.07, 6.45) is 37.7. The molecule has 0 bridgehead atoms. The van der Waals surface area contributed by atoms with Crippen LogP contribution in [-0.4, -0.2) is 22.7 Å². The van der Waals surface area contributed by atoms with E-state index >= 15 is 0 Å². The number of alkyl halides is 2. The Balaban J connectivity index is -0.000000727. The average Bonchev–Trinajstić information content (AvgIpc) is 2.97. The number of carboxylic acid groups (broad SMARTS) is 2. The first-order chi connectivity index (χ1) is 20.4. The van der Waals surface area contributed by atoms with Gasteiger partial charge in [0.15, 0.2) is 0 Å². The number of hydrogen-bond donors (Lipinski definition) is 0. The number of rotatable bonds is 32. The van der Waals surface area contributed by atoms with Crippen molar-refractivity contribution >= 4 is 35.1 Å². The van der Waals surface area contributed by atoms with Gasteiger partial charge in [0.25, 0.3) is 0 Å². The summed E-state index contributed by atoms with van der Waals surface area (Å²) < 4.78 is 0. The molecular formula is C36H68CdCl2O4. The van der Waals surface area contributed by atoms with Crippen molar-refractivity contribution in [3.05, 3.63) is 0 Å². The van der Waals surface area contributed by atoms with E-state index in [0.717, 1.165) is 25.7 Å². The Morgan fingerprint density at radius 3 is 0.721 bits per heavy atom. The van der Waals surface area contributed by atoms with Crippen LogP contribution in [0.15, 0.2) is 0 Å². The number of carbonyl (C=O) groups is 2. The molecule has 7 heteroatoms. The third-order valence-corrected chi connectivity index (χ3v) is 8.93. The van der Waals surface area contributed by atoms with Crippen molar-refractivity contribution in [2.75, 3.05) is 0 Å².